The number of benzene rings is 2. The minimum absolute atomic E-state index is 0.0376. The first-order chi connectivity index (χ1) is 15.8. The number of pyridine rings is 1. The number of Topliss-reactive ketones (excluding diaryl/α,β-unsaturated/α-hetero) is 1. The molecule has 1 aliphatic rings. The van der Waals surface area contributed by atoms with Crippen LogP contribution in [0.5, 0.6) is 0 Å². The van der Waals surface area contributed by atoms with Gasteiger partial charge in [0, 0.05) is 27.9 Å². The number of fused-ring (bicyclic) bond motifs is 1. The SMILES string of the molecule is Cc1ccc(N2C(=O)C(O)=C(C(=O)c3cc4cc(Br)ccc4o3)C2c2cccnc2)cc1C. The Hall–Kier alpha value is -3.71. The van der Waals surface area contributed by atoms with Gasteiger partial charge in [0.25, 0.3) is 5.91 Å². The van der Waals surface area contributed by atoms with Crippen LogP contribution in [0.4, 0.5) is 5.69 Å². The van der Waals surface area contributed by atoms with Gasteiger partial charge >= 0.3 is 0 Å². The molecule has 0 spiro atoms. The lowest BCUT2D eigenvalue weighted by Crippen LogP contribution is -2.31. The number of amides is 1. The van der Waals surface area contributed by atoms with Gasteiger partial charge in [-0.15, -0.1) is 0 Å². The van der Waals surface area contributed by atoms with Crippen LogP contribution in [0.3, 0.4) is 0 Å². The summed E-state index contributed by atoms with van der Waals surface area (Å²) in [6.45, 7) is 3.93. The highest BCUT2D eigenvalue weighted by atomic mass is 79.9. The van der Waals surface area contributed by atoms with Crippen molar-refractivity contribution in [2.45, 2.75) is 19.9 Å². The van der Waals surface area contributed by atoms with Crippen LogP contribution in [0.15, 0.2) is 87.2 Å². The second-order valence-corrected chi connectivity index (χ2v) is 8.93. The Morgan fingerprint density at radius 3 is 2.64 bits per heavy atom. The number of carbonyl (C=O) groups is 2. The zero-order chi connectivity index (χ0) is 23.3. The molecule has 1 unspecified atom stereocenters. The summed E-state index contributed by atoms with van der Waals surface area (Å²) in [4.78, 5) is 32.5. The van der Waals surface area contributed by atoms with Crippen molar-refractivity contribution in [1.82, 2.24) is 4.98 Å². The van der Waals surface area contributed by atoms with Crippen LogP contribution in [0.1, 0.15) is 33.3 Å². The standard InChI is InChI=1S/C26H19BrN2O4/c1-14-5-7-19(10-15(14)2)29-23(16-4-3-9-28-13-16)22(25(31)26(29)32)24(30)21-12-17-11-18(27)6-8-20(17)33-21/h3-13,23,31H,1-2H3. The Morgan fingerprint density at radius 2 is 1.91 bits per heavy atom. The first-order valence-corrected chi connectivity index (χ1v) is 11.1. The van der Waals surface area contributed by atoms with Crippen LogP contribution in [0.25, 0.3) is 11.0 Å². The highest BCUT2D eigenvalue weighted by Crippen LogP contribution is 2.42. The van der Waals surface area contributed by atoms with Gasteiger partial charge in [-0.2, -0.15) is 0 Å². The van der Waals surface area contributed by atoms with Gasteiger partial charge in [-0.1, -0.05) is 28.1 Å². The van der Waals surface area contributed by atoms with E-state index < -0.39 is 23.5 Å². The Balaban J connectivity index is 1.66. The third kappa shape index (κ3) is 3.54. The number of hydrogen-bond donors (Lipinski definition) is 1. The summed E-state index contributed by atoms with van der Waals surface area (Å²) in [6, 6.07) is 15.3. The van der Waals surface area contributed by atoms with Crippen LogP contribution < -0.4 is 4.90 Å². The van der Waals surface area contributed by atoms with E-state index in [1.165, 1.54) is 4.90 Å². The maximum absolute atomic E-state index is 13.6. The summed E-state index contributed by atoms with van der Waals surface area (Å²) in [7, 11) is 0. The number of ketones is 1. The predicted octanol–water partition coefficient (Wildman–Crippen LogP) is 5.99. The van der Waals surface area contributed by atoms with Crippen molar-refractivity contribution >= 4 is 44.3 Å². The van der Waals surface area contributed by atoms with E-state index >= 15 is 0 Å². The molecule has 0 fully saturated rings. The number of carbonyl (C=O) groups excluding carboxylic acids is 2. The second-order valence-electron chi connectivity index (χ2n) is 8.02. The molecule has 3 heterocycles. The molecular formula is C26H19BrN2O4. The van der Waals surface area contributed by atoms with Crippen molar-refractivity contribution in [2.24, 2.45) is 0 Å². The van der Waals surface area contributed by atoms with E-state index in [0.29, 0.717) is 16.8 Å². The fourth-order valence-corrected chi connectivity index (χ4v) is 4.47. The summed E-state index contributed by atoms with van der Waals surface area (Å²) >= 11 is 3.41. The number of aliphatic hydroxyl groups excluding tert-OH is 1. The van der Waals surface area contributed by atoms with E-state index in [1.54, 1.807) is 36.7 Å². The molecule has 4 aromatic rings. The van der Waals surface area contributed by atoms with Crippen LogP contribution in [-0.2, 0) is 4.79 Å². The summed E-state index contributed by atoms with van der Waals surface area (Å²) in [5, 5.41) is 11.6. The lowest BCUT2D eigenvalue weighted by Gasteiger charge is -2.27. The Morgan fingerprint density at radius 1 is 1.09 bits per heavy atom. The van der Waals surface area contributed by atoms with Gasteiger partial charge in [-0.05, 0) is 73.0 Å². The average Bonchev–Trinajstić information content (AvgIpc) is 3.34. The van der Waals surface area contributed by atoms with Gasteiger partial charge in [0.1, 0.15) is 5.58 Å². The summed E-state index contributed by atoms with van der Waals surface area (Å²) in [6.07, 6.45) is 3.20. The van der Waals surface area contributed by atoms with E-state index in [2.05, 4.69) is 20.9 Å². The molecular weight excluding hydrogens is 484 g/mol. The van der Waals surface area contributed by atoms with Crippen molar-refractivity contribution in [3.8, 4) is 0 Å². The number of aryl methyl sites for hydroxylation is 2. The third-order valence-electron chi connectivity index (χ3n) is 5.92. The van der Waals surface area contributed by atoms with E-state index in [0.717, 1.165) is 21.0 Å². The van der Waals surface area contributed by atoms with Gasteiger partial charge in [0.15, 0.2) is 11.5 Å². The number of halogens is 1. The van der Waals surface area contributed by atoms with E-state index in [4.69, 9.17) is 4.42 Å². The highest BCUT2D eigenvalue weighted by molar-refractivity contribution is 9.10. The summed E-state index contributed by atoms with van der Waals surface area (Å²) in [5.41, 5.74) is 3.76. The minimum Gasteiger partial charge on any atom is -0.503 e. The molecule has 1 amide bonds. The molecule has 1 atom stereocenters. The first-order valence-electron chi connectivity index (χ1n) is 10.3. The monoisotopic (exact) mass is 502 g/mol. The third-order valence-corrected chi connectivity index (χ3v) is 6.42. The van der Waals surface area contributed by atoms with E-state index in [-0.39, 0.29) is 11.3 Å². The van der Waals surface area contributed by atoms with E-state index in [9.17, 15) is 14.7 Å². The molecule has 33 heavy (non-hydrogen) atoms. The molecule has 0 saturated heterocycles. The zero-order valence-corrected chi connectivity index (χ0v) is 19.5. The molecule has 7 heteroatoms. The van der Waals surface area contributed by atoms with Crippen LogP contribution in [0, 0.1) is 13.8 Å². The average molecular weight is 503 g/mol. The fourth-order valence-electron chi connectivity index (χ4n) is 4.09. The number of hydrogen-bond acceptors (Lipinski definition) is 5. The van der Waals surface area contributed by atoms with Gasteiger partial charge in [0.05, 0.1) is 11.6 Å². The smallest absolute Gasteiger partial charge is 0.294 e. The van der Waals surface area contributed by atoms with Crippen molar-refractivity contribution in [3.63, 3.8) is 0 Å². The maximum atomic E-state index is 13.6. The summed E-state index contributed by atoms with van der Waals surface area (Å²) in [5.74, 6) is -1.73. The second kappa shape index (κ2) is 8.01. The first kappa shape index (κ1) is 21.2. The normalized spacial score (nSPS) is 16.2. The van der Waals surface area contributed by atoms with Crippen LogP contribution in [-0.4, -0.2) is 21.8 Å². The molecule has 0 bridgehead atoms. The quantitative estimate of drug-likeness (QED) is 0.346. The lowest BCUT2D eigenvalue weighted by molar-refractivity contribution is -0.117. The molecule has 2 aromatic heterocycles. The number of anilines is 1. The Labute approximate surface area is 198 Å². The van der Waals surface area contributed by atoms with Gasteiger partial charge < -0.3 is 9.52 Å². The van der Waals surface area contributed by atoms with Crippen molar-refractivity contribution < 1.29 is 19.1 Å². The van der Waals surface area contributed by atoms with Gasteiger partial charge in [0.2, 0.25) is 5.78 Å². The highest BCUT2D eigenvalue weighted by Gasteiger charge is 2.45. The molecule has 6 nitrogen and oxygen atoms in total. The Bertz CT molecular complexity index is 1460. The molecule has 5 rings (SSSR count). The maximum Gasteiger partial charge on any atom is 0.294 e. The largest absolute Gasteiger partial charge is 0.503 e. The number of rotatable bonds is 4. The van der Waals surface area contributed by atoms with Gasteiger partial charge in [-0.25, -0.2) is 0 Å². The van der Waals surface area contributed by atoms with Crippen molar-refractivity contribution in [3.05, 3.63) is 105 Å². The summed E-state index contributed by atoms with van der Waals surface area (Å²) < 4.78 is 6.63. The number of nitrogens with zero attached hydrogens (tertiary/aromatic N) is 2. The van der Waals surface area contributed by atoms with Crippen molar-refractivity contribution in [2.75, 3.05) is 4.90 Å². The molecule has 1 N–H and O–H groups in total. The Kier molecular flexibility index (Phi) is 5.13. The molecule has 0 radical (unpaired) electrons. The molecule has 1 aliphatic heterocycles. The zero-order valence-electron chi connectivity index (χ0n) is 17.9. The van der Waals surface area contributed by atoms with Crippen LogP contribution in [0.2, 0.25) is 0 Å². The molecule has 0 aliphatic carbocycles. The number of furan rings is 1. The lowest BCUT2D eigenvalue weighted by atomic mass is 9.95. The minimum atomic E-state index is -0.847. The fraction of sp³-hybridized carbons (Fsp3) is 0.115. The molecule has 0 saturated carbocycles. The van der Waals surface area contributed by atoms with E-state index in [1.807, 2.05) is 44.2 Å². The molecule has 2 aromatic carbocycles. The predicted molar refractivity (Wildman–Crippen MR) is 128 cm³/mol. The number of aromatic nitrogens is 1. The molecule has 164 valence electrons. The topological polar surface area (TPSA) is 83.6 Å². The van der Waals surface area contributed by atoms with Gasteiger partial charge in [-0.3, -0.25) is 19.5 Å². The number of aliphatic hydroxyl groups is 1. The van der Waals surface area contributed by atoms with Crippen molar-refractivity contribution in [1.29, 1.82) is 0 Å². The van der Waals surface area contributed by atoms with Crippen LogP contribution >= 0.6 is 15.9 Å².